The molecule has 2 rings (SSSR count). The van der Waals surface area contributed by atoms with E-state index in [1.165, 1.54) is 0 Å². The lowest BCUT2D eigenvalue weighted by atomic mass is 10.1. The Bertz CT molecular complexity index is 369. The third-order valence-electron chi connectivity index (χ3n) is 2.86. The van der Waals surface area contributed by atoms with Crippen LogP contribution in [-0.2, 0) is 0 Å². The molecule has 0 amide bonds. The molecule has 2 heterocycles. The Balaban J connectivity index is 0.00000144. The minimum absolute atomic E-state index is 0. The quantitative estimate of drug-likeness (QED) is 0.479. The lowest BCUT2D eigenvalue weighted by Crippen LogP contribution is -3.00. The van der Waals surface area contributed by atoms with Crippen molar-refractivity contribution in [1.82, 2.24) is 4.98 Å². The minimum atomic E-state index is -1.95. The number of hydrogen-bond acceptors (Lipinski definition) is 1. The predicted octanol–water partition coefficient (Wildman–Crippen LogP) is -1.00. The third kappa shape index (κ3) is 2.25. The summed E-state index contributed by atoms with van der Waals surface area (Å²) in [5.41, 5.74) is 1.04. The second-order valence-electron chi connectivity index (χ2n) is 3.94. The van der Waals surface area contributed by atoms with Gasteiger partial charge >= 0.3 is 0 Å². The maximum Gasteiger partial charge on any atom is 0.116 e. The summed E-state index contributed by atoms with van der Waals surface area (Å²) < 4.78 is 23.2. The number of rotatable bonds is 1. The SMILES string of the molecule is [2H]C([2H])([2H])[N+]1(C)CCC[C@@H]1c1cccnc1.[I-]. The summed E-state index contributed by atoms with van der Waals surface area (Å²) in [7, 11) is 1.83. The highest BCUT2D eigenvalue weighted by Crippen LogP contribution is 2.35. The summed E-state index contributed by atoms with van der Waals surface area (Å²) >= 11 is 0. The van der Waals surface area contributed by atoms with Gasteiger partial charge in [0.25, 0.3) is 0 Å². The van der Waals surface area contributed by atoms with Gasteiger partial charge in [0.1, 0.15) is 6.04 Å². The fraction of sp³-hybridized carbons (Fsp3) is 0.545. The Morgan fingerprint density at radius 1 is 1.64 bits per heavy atom. The summed E-state index contributed by atoms with van der Waals surface area (Å²) in [6.45, 7) is -1.23. The van der Waals surface area contributed by atoms with Gasteiger partial charge < -0.3 is 28.5 Å². The first kappa shape index (κ1) is 8.05. The standard InChI is InChI=1S/C11H17N2.HI/c1-13(2)8-4-6-11(13)10-5-3-7-12-9-10;/h3,5,7,9,11H,4,6,8H2,1-2H3;1H/q+1;/p-1/t11-;/m1./s1/i1D3;/t11-,13?;. The van der Waals surface area contributed by atoms with E-state index in [0.717, 1.165) is 24.9 Å². The van der Waals surface area contributed by atoms with Gasteiger partial charge in [-0.05, 0) is 6.07 Å². The van der Waals surface area contributed by atoms with Gasteiger partial charge in [0, 0.05) is 30.8 Å². The highest BCUT2D eigenvalue weighted by atomic mass is 127. The molecule has 14 heavy (non-hydrogen) atoms. The molecule has 0 N–H and O–H groups in total. The summed E-state index contributed by atoms with van der Waals surface area (Å²) in [6, 6.07) is 3.91. The monoisotopic (exact) mass is 307 g/mol. The number of halogens is 1. The van der Waals surface area contributed by atoms with Crippen LogP contribution in [-0.4, -0.2) is 30.0 Å². The highest BCUT2D eigenvalue weighted by Gasteiger charge is 2.34. The zero-order chi connectivity index (χ0) is 11.8. The molecule has 1 saturated heterocycles. The molecule has 0 spiro atoms. The molecule has 0 radical (unpaired) electrons. The Morgan fingerprint density at radius 3 is 3.14 bits per heavy atom. The minimum Gasteiger partial charge on any atom is -1.00 e. The molecule has 1 aliphatic rings. The molecule has 1 aliphatic heterocycles. The maximum absolute atomic E-state index is 7.69. The van der Waals surface area contributed by atoms with Crippen LogP contribution in [0.3, 0.4) is 0 Å². The van der Waals surface area contributed by atoms with Gasteiger partial charge in [-0.25, -0.2) is 0 Å². The van der Waals surface area contributed by atoms with Gasteiger partial charge in [-0.1, -0.05) is 6.07 Å². The second kappa shape index (κ2) is 4.57. The Kier molecular flexibility index (Phi) is 2.63. The molecule has 2 nitrogen and oxygen atoms in total. The molecule has 0 bridgehead atoms. The van der Waals surface area contributed by atoms with E-state index in [1.807, 2.05) is 19.2 Å². The molecule has 1 unspecified atom stereocenters. The Morgan fingerprint density at radius 2 is 2.50 bits per heavy atom. The molecule has 1 aromatic rings. The first-order chi connectivity index (χ1) is 7.45. The lowest BCUT2D eigenvalue weighted by Gasteiger charge is -2.31. The molecular formula is C11H17IN2. The van der Waals surface area contributed by atoms with Crippen molar-refractivity contribution in [1.29, 1.82) is 0 Å². The molecule has 0 aromatic carbocycles. The highest BCUT2D eigenvalue weighted by molar-refractivity contribution is 5.12. The summed E-state index contributed by atoms with van der Waals surface area (Å²) in [5.74, 6) is 0. The smallest absolute Gasteiger partial charge is 0.116 e. The molecular weight excluding hydrogens is 287 g/mol. The van der Waals surface area contributed by atoms with Gasteiger partial charge in [0.05, 0.1) is 24.7 Å². The first-order valence-corrected chi connectivity index (χ1v) is 4.70. The van der Waals surface area contributed by atoms with Gasteiger partial charge in [0.2, 0.25) is 0 Å². The van der Waals surface area contributed by atoms with Crippen molar-refractivity contribution < 1.29 is 32.6 Å². The van der Waals surface area contributed by atoms with Gasteiger partial charge in [-0.2, -0.15) is 0 Å². The molecule has 0 saturated carbocycles. The normalized spacial score (nSPS) is 35.2. The lowest BCUT2D eigenvalue weighted by molar-refractivity contribution is -0.908. The van der Waals surface area contributed by atoms with Crippen molar-refractivity contribution in [3.05, 3.63) is 30.1 Å². The number of pyridine rings is 1. The fourth-order valence-electron chi connectivity index (χ4n) is 2.12. The van der Waals surface area contributed by atoms with E-state index >= 15 is 0 Å². The molecule has 1 fully saturated rings. The average Bonchev–Trinajstić information content (AvgIpc) is 2.62. The fourth-order valence-corrected chi connectivity index (χ4v) is 2.12. The molecule has 0 aliphatic carbocycles. The molecule has 2 atom stereocenters. The van der Waals surface area contributed by atoms with Gasteiger partial charge in [-0.15, -0.1) is 0 Å². The van der Waals surface area contributed by atoms with Crippen LogP contribution in [0.1, 0.15) is 28.6 Å². The van der Waals surface area contributed by atoms with E-state index in [1.54, 1.807) is 12.4 Å². The van der Waals surface area contributed by atoms with E-state index in [-0.39, 0.29) is 34.5 Å². The van der Waals surface area contributed by atoms with Crippen LogP contribution in [0.4, 0.5) is 0 Å². The van der Waals surface area contributed by atoms with Crippen molar-refractivity contribution >= 4 is 0 Å². The number of likely N-dealkylation sites (tertiary alicyclic amines) is 1. The Labute approximate surface area is 107 Å². The van der Waals surface area contributed by atoms with E-state index < -0.39 is 6.98 Å². The largest absolute Gasteiger partial charge is 1.00 e. The van der Waals surface area contributed by atoms with Crippen LogP contribution in [0.2, 0.25) is 0 Å². The van der Waals surface area contributed by atoms with Gasteiger partial charge in [0.15, 0.2) is 0 Å². The van der Waals surface area contributed by atoms with E-state index in [4.69, 9.17) is 4.11 Å². The van der Waals surface area contributed by atoms with E-state index in [2.05, 4.69) is 4.98 Å². The van der Waals surface area contributed by atoms with Crippen LogP contribution in [0.25, 0.3) is 0 Å². The molecule has 1 aromatic heterocycles. The van der Waals surface area contributed by atoms with Crippen LogP contribution in [0.5, 0.6) is 0 Å². The van der Waals surface area contributed by atoms with E-state index in [0.29, 0.717) is 0 Å². The number of hydrogen-bond donors (Lipinski definition) is 0. The first-order valence-electron chi connectivity index (χ1n) is 6.20. The summed E-state index contributed by atoms with van der Waals surface area (Å²) in [5, 5.41) is 0. The molecule has 78 valence electrons. The van der Waals surface area contributed by atoms with Crippen molar-refractivity contribution in [3.8, 4) is 0 Å². The number of aromatic nitrogens is 1. The van der Waals surface area contributed by atoms with Gasteiger partial charge in [-0.3, -0.25) is 4.98 Å². The van der Waals surface area contributed by atoms with Crippen molar-refractivity contribution in [2.24, 2.45) is 0 Å². The zero-order valence-electron chi connectivity index (χ0n) is 11.3. The summed E-state index contributed by atoms with van der Waals surface area (Å²) in [4.78, 5) is 4.08. The van der Waals surface area contributed by atoms with Crippen molar-refractivity contribution in [2.45, 2.75) is 18.9 Å². The van der Waals surface area contributed by atoms with E-state index in [9.17, 15) is 0 Å². The van der Waals surface area contributed by atoms with Crippen LogP contribution in [0.15, 0.2) is 24.5 Å². The third-order valence-corrected chi connectivity index (χ3v) is 2.86. The second-order valence-corrected chi connectivity index (χ2v) is 3.94. The number of quaternary nitrogens is 1. The van der Waals surface area contributed by atoms with Crippen molar-refractivity contribution in [3.63, 3.8) is 0 Å². The van der Waals surface area contributed by atoms with Crippen LogP contribution >= 0.6 is 0 Å². The topological polar surface area (TPSA) is 12.9 Å². The van der Waals surface area contributed by atoms with Crippen LogP contribution < -0.4 is 24.0 Å². The maximum atomic E-state index is 7.69. The number of nitrogens with zero attached hydrogens (tertiary/aromatic N) is 2. The molecule has 3 heteroatoms. The van der Waals surface area contributed by atoms with Crippen LogP contribution in [0, 0.1) is 0 Å². The predicted molar refractivity (Wildman–Crippen MR) is 53.2 cm³/mol. The summed E-state index contributed by atoms with van der Waals surface area (Å²) in [6.07, 6.45) is 5.41. The zero-order valence-corrected chi connectivity index (χ0v) is 10.4. The van der Waals surface area contributed by atoms with Crippen molar-refractivity contribution in [2.75, 3.05) is 20.6 Å². The Hall–Kier alpha value is -0.160. The average molecular weight is 307 g/mol.